The normalized spacial score (nSPS) is 21.7. The van der Waals surface area contributed by atoms with Gasteiger partial charge in [0.05, 0.1) is 0 Å². The highest BCUT2D eigenvalue weighted by Gasteiger charge is 2.31. The molecule has 96 valence electrons. The molecule has 0 radical (unpaired) electrons. The molecule has 1 aliphatic heterocycles. The molecule has 0 atom stereocenters. The summed E-state index contributed by atoms with van der Waals surface area (Å²) >= 11 is 0. The van der Waals surface area contributed by atoms with Gasteiger partial charge in [-0.2, -0.15) is 0 Å². The van der Waals surface area contributed by atoms with Gasteiger partial charge in [-0.05, 0) is 49.3 Å². The van der Waals surface area contributed by atoms with E-state index < -0.39 is 0 Å². The van der Waals surface area contributed by atoms with Crippen molar-refractivity contribution in [3.8, 4) is 0 Å². The lowest BCUT2D eigenvalue weighted by Gasteiger charge is -2.36. The topological polar surface area (TPSA) is 33.2 Å². The number of pyridine rings is 1. The van der Waals surface area contributed by atoms with Crippen molar-refractivity contribution in [3.05, 3.63) is 30.1 Å². The van der Waals surface area contributed by atoms with E-state index in [1.165, 1.54) is 12.0 Å². The largest absolute Gasteiger partial charge is 0.342 e. The molecular weight excluding hydrogens is 224 g/mol. The van der Waals surface area contributed by atoms with Gasteiger partial charge in [-0.25, -0.2) is 0 Å². The molecule has 0 spiro atoms. The van der Waals surface area contributed by atoms with Crippen LogP contribution in [0.1, 0.15) is 43.6 Å². The van der Waals surface area contributed by atoms with Gasteiger partial charge >= 0.3 is 0 Å². The zero-order valence-corrected chi connectivity index (χ0v) is 10.7. The van der Waals surface area contributed by atoms with Gasteiger partial charge in [0, 0.05) is 31.4 Å². The van der Waals surface area contributed by atoms with Gasteiger partial charge in [0.1, 0.15) is 0 Å². The highest BCUT2D eigenvalue weighted by molar-refractivity contribution is 5.79. The highest BCUT2D eigenvalue weighted by Crippen LogP contribution is 2.32. The maximum absolute atomic E-state index is 12.1. The molecule has 3 nitrogen and oxygen atoms in total. The van der Waals surface area contributed by atoms with Gasteiger partial charge in [0.25, 0.3) is 0 Å². The van der Waals surface area contributed by atoms with E-state index >= 15 is 0 Å². The third-order valence-corrected chi connectivity index (χ3v) is 4.44. The number of aromatic nitrogens is 1. The van der Waals surface area contributed by atoms with Crippen LogP contribution in [0.25, 0.3) is 0 Å². The maximum atomic E-state index is 12.1. The van der Waals surface area contributed by atoms with Crippen LogP contribution in [0.2, 0.25) is 0 Å². The first-order valence-electron chi connectivity index (χ1n) is 7.03. The van der Waals surface area contributed by atoms with Crippen molar-refractivity contribution < 1.29 is 4.79 Å². The van der Waals surface area contributed by atoms with Gasteiger partial charge in [-0.1, -0.05) is 6.42 Å². The zero-order chi connectivity index (χ0) is 12.4. The van der Waals surface area contributed by atoms with Crippen molar-refractivity contribution in [3.63, 3.8) is 0 Å². The average molecular weight is 244 g/mol. The van der Waals surface area contributed by atoms with E-state index in [1.807, 2.05) is 12.4 Å². The number of hydrogen-bond donors (Lipinski definition) is 0. The molecule has 3 heteroatoms. The molecule has 0 bridgehead atoms. The third kappa shape index (κ3) is 2.26. The van der Waals surface area contributed by atoms with E-state index in [9.17, 15) is 4.79 Å². The maximum Gasteiger partial charge on any atom is 0.225 e. The molecule has 3 rings (SSSR count). The van der Waals surface area contributed by atoms with Crippen LogP contribution in [0.15, 0.2) is 24.5 Å². The fraction of sp³-hybridized carbons (Fsp3) is 0.600. The standard InChI is InChI=1S/C15H20N2O/c18-15(14-2-1-3-14)17-10-6-13(7-11-17)12-4-8-16-9-5-12/h4-5,8-9,13-14H,1-3,6-7,10-11H2. The number of piperidine rings is 1. The Labute approximate surface area is 108 Å². The van der Waals surface area contributed by atoms with Gasteiger partial charge in [-0.15, -0.1) is 0 Å². The molecule has 0 N–H and O–H groups in total. The lowest BCUT2D eigenvalue weighted by Crippen LogP contribution is -2.43. The molecule has 0 unspecified atom stereocenters. The van der Waals surface area contributed by atoms with Gasteiger partial charge in [0.15, 0.2) is 0 Å². The number of amides is 1. The van der Waals surface area contributed by atoms with E-state index in [-0.39, 0.29) is 0 Å². The highest BCUT2D eigenvalue weighted by atomic mass is 16.2. The quantitative estimate of drug-likeness (QED) is 0.801. The van der Waals surface area contributed by atoms with E-state index in [2.05, 4.69) is 22.0 Å². The van der Waals surface area contributed by atoms with E-state index in [4.69, 9.17) is 0 Å². The Morgan fingerprint density at radius 1 is 1.11 bits per heavy atom. The second-order valence-electron chi connectivity index (χ2n) is 5.51. The molecule has 18 heavy (non-hydrogen) atoms. The second kappa shape index (κ2) is 5.09. The summed E-state index contributed by atoms with van der Waals surface area (Å²) in [6, 6.07) is 4.21. The number of hydrogen-bond acceptors (Lipinski definition) is 2. The molecule has 1 amide bonds. The monoisotopic (exact) mass is 244 g/mol. The molecule has 1 aromatic heterocycles. The van der Waals surface area contributed by atoms with Crippen molar-refractivity contribution in [1.82, 2.24) is 9.88 Å². The number of carbonyl (C=O) groups excluding carboxylic acids is 1. The Kier molecular flexibility index (Phi) is 3.31. The summed E-state index contributed by atoms with van der Waals surface area (Å²) < 4.78 is 0. The first-order valence-corrected chi connectivity index (χ1v) is 7.03. The molecule has 1 aromatic rings. The molecule has 2 aliphatic rings. The minimum absolute atomic E-state index is 0.350. The lowest BCUT2D eigenvalue weighted by molar-refractivity contribution is -0.139. The minimum Gasteiger partial charge on any atom is -0.342 e. The third-order valence-electron chi connectivity index (χ3n) is 4.44. The Balaban J connectivity index is 1.56. The van der Waals surface area contributed by atoms with Gasteiger partial charge in [0.2, 0.25) is 5.91 Å². The van der Waals surface area contributed by atoms with Crippen LogP contribution in [-0.4, -0.2) is 28.9 Å². The molecule has 1 saturated carbocycles. The lowest BCUT2D eigenvalue weighted by atomic mass is 9.83. The molecule has 0 aromatic carbocycles. The van der Waals surface area contributed by atoms with Gasteiger partial charge < -0.3 is 4.90 Å². The fourth-order valence-corrected chi connectivity index (χ4v) is 2.98. The molecule has 1 aliphatic carbocycles. The summed E-state index contributed by atoms with van der Waals surface area (Å²) in [5, 5.41) is 0. The molecular formula is C15H20N2O. The van der Waals surface area contributed by atoms with Crippen LogP contribution in [-0.2, 0) is 4.79 Å². The van der Waals surface area contributed by atoms with Crippen molar-refractivity contribution >= 4 is 5.91 Å². The van der Waals surface area contributed by atoms with E-state index in [0.29, 0.717) is 17.7 Å². The Morgan fingerprint density at radius 3 is 2.33 bits per heavy atom. The number of likely N-dealkylation sites (tertiary alicyclic amines) is 1. The molecule has 1 saturated heterocycles. The summed E-state index contributed by atoms with van der Waals surface area (Å²) in [6.45, 7) is 1.87. The first-order chi connectivity index (χ1) is 8.84. The van der Waals surface area contributed by atoms with Crippen LogP contribution >= 0.6 is 0 Å². The Hall–Kier alpha value is -1.38. The summed E-state index contributed by atoms with van der Waals surface area (Å²) in [7, 11) is 0. The first kappa shape index (κ1) is 11.7. The second-order valence-corrected chi connectivity index (χ2v) is 5.51. The number of carbonyl (C=O) groups is 1. The van der Waals surface area contributed by atoms with E-state index in [1.54, 1.807) is 0 Å². The predicted molar refractivity (Wildman–Crippen MR) is 70.1 cm³/mol. The predicted octanol–water partition coefficient (Wildman–Crippen LogP) is 2.59. The van der Waals surface area contributed by atoms with E-state index in [0.717, 1.165) is 38.8 Å². The smallest absolute Gasteiger partial charge is 0.225 e. The zero-order valence-electron chi connectivity index (χ0n) is 10.7. The van der Waals surface area contributed by atoms with Crippen molar-refractivity contribution in [2.45, 2.75) is 38.0 Å². The summed E-state index contributed by atoms with van der Waals surface area (Å²) in [5.74, 6) is 1.37. The summed E-state index contributed by atoms with van der Waals surface area (Å²) in [6.07, 6.45) is 9.39. The van der Waals surface area contributed by atoms with Crippen molar-refractivity contribution in [2.24, 2.45) is 5.92 Å². The van der Waals surface area contributed by atoms with Crippen LogP contribution in [0, 0.1) is 5.92 Å². The summed E-state index contributed by atoms with van der Waals surface area (Å²) in [4.78, 5) is 18.3. The van der Waals surface area contributed by atoms with Crippen LogP contribution in [0.5, 0.6) is 0 Å². The Morgan fingerprint density at radius 2 is 1.78 bits per heavy atom. The fourth-order valence-electron chi connectivity index (χ4n) is 2.98. The van der Waals surface area contributed by atoms with Crippen molar-refractivity contribution in [2.75, 3.05) is 13.1 Å². The van der Waals surface area contributed by atoms with Gasteiger partial charge in [-0.3, -0.25) is 9.78 Å². The number of nitrogens with zero attached hydrogens (tertiary/aromatic N) is 2. The van der Waals surface area contributed by atoms with Crippen molar-refractivity contribution in [1.29, 1.82) is 0 Å². The van der Waals surface area contributed by atoms with Crippen LogP contribution in [0.4, 0.5) is 0 Å². The average Bonchev–Trinajstić information content (AvgIpc) is 2.38. The van der Waals surface area contributed by atoms with Crippen LogP contribution < -0.4 is 0 Å². The SMILES string of the molecule is O=C(C1CCC1)N1CCC(c2ccncc2)CC1. The Bertz CT molecular complexity index is 406. The van der Waals surface area contributed by atoms with Crippen LogP contribution in [0.3, 0.4) is 0 Å². The number of rotatable bonds is 2. The molecule has 2 fully saturated rings. The summed E-state index contributed by atoms with van der Waals surface area (Å²) in [5.41, 5.74) is 1.38. The molecule has 2 heterocycles. The minimum atomic E-state index is 0.350.